The Kier molecular flexibility index (Phi) is 6.08. The molecule has 132 valence electrons. The van der Waals surface area contributed by atoms with E-state index in [0.717, 1.165) is 32.1 Å². The fourth-order valence-electron chi connectivity index (χ4n) is 3.43. The summed E-state index contributed by atoms with van der Waals surface area (Å²) in [6.45, 7) is 4.65. The maximum atomic E-state index is 6.44. The lowest BCUT2D eigenvalue weighted by Crippen LogP contribution is -2.50. The van der Waals surface area contributed by atoms with Crippen LogP contribution in [-0.4, -0.2) is 13.3 Å². The lowest BCUT2D eigenvalue weighted by Gasteiger charge is -2.25. The highest BCUT2D eigenvalue weighted by atomic mass is 35.5. The molecule has 0 saturated heterocycles. The van der Waals surface area contributed by atoms with E-state index in [1.807, 2.05) is 19.9 Å². The van der Waals surface area contributed by atoms with E-state index in [0.29, 0.717) is 6.54 Å². The van der Waals surface area contributed by atoms with Gasteiger partial charge >= 0.3 is 0 Å². The number of benzene rings is 3. The van der Waals surface area contributed by atoms with Gasteiger partial charge in [-0.25, -0.2) is 0 Å². The van der Waals surface area contributed by atoms with Gasteiger partial charge in [0.25, 0.3) is 0 Å². The first-order chi connectivity index (χ1) is 12.5. The average molecular weight is 382 g/mol. The van der Waals surface area contributed by atoms with Crippen molar-refractivity contribution in [2.24, 2.45) is 5.73 Å². The van der Waals surface area contributed by atoms with Crippen LogP contribution in [0.15, 0.2) is 66.7 Å². The molecule has 3 aromatic rings. The van der Waals surface area contributed by atoms with Crippen LogP contribution in [0.25, 0.3) is 0 Å². The predicted octanol–water partition coefficient (Wildman–Crippen LogP) is 4.50. The molecule has 1 nitrogen and oxygen atoms in total. The molecule has 2 N–H and O–H groups in total. The van der Waals surface area contributed by atoms with Crippen LogP contribution in [0.4, 0.5) is 0 Å². The summed E-state index contributed by atoms with van der Waals surface area (Å²) in [6, 6.07) is 22.9. The van der Waals surface area contributed by atoms with Crippen molar-refractivity contribution >= 4 is 40.8 Å². The first-order valence-corrected chi connectivity index (χ1v) is 9.54. The Hall–Kier alpha value is -1.74. The summed E-state index contributed by atoms with van der Waals surface area (Å²) in [6.07, 6.45) is 0. The van der Waals surface area contributed by atoms with Gasteiger partial charge in [0.15, 0.2) is 0 Å². The third-order valence-electron chi connectivity index (χ3n) is 4.99. The van der Waals surface area contributed by atoms with Gasteiger partial charge < -0.3 is 5.73 Å². The first kappa shape index (κ1) is 19.0. The predicted molar refractivity (Wildman–Crippen MR) is 116 cm³/mol. The normalized spacial score (nSPS) is 12.0. The Morgan fingerprint density at radius 3 is 1.73 bits per heavy atom. The van der Waals surface area contributed by atoms with Crippen molar-refractivity contribution in [3.63, 3.8) is 0 Å². The van der Waals surface area contributed by atoms with Gasteiger partial charge in [-0.2, -0.15) is 0 Å². The van der Waals surface area contributed by atoms with Crippen LogP contribution in [0.3, 0.4) is 0 Å². The third kappa shape index (κ3) is 3.98. The first-order valence-electron chi connectivity index (χ1n) is 8.78. The number of aryl methyl sites for hydroxylation is 2. The van der Waals surface area contributed by atoms with Crippen LogP contribution in [-0.2, 0) is 0 Å². The monoisotopic (exact) mass is 381 g/mol. The highest BCUT2D eigenvalue weighted by Crippen LogP contribution is 2.22. The van der Waals surface area contributed by atoms with E-state index in [1.54, 1.807) is 0 Å². The molecule has 3 aromatic carbocycles. The fourth-order valence-corrected chi connectivity index (χ4v) is 3.80. The highest BCUT2D eigenvalue weighted by molar-refractivity contribution is 6.86. The Morgan fingerprint density at radius 2 is 1.31 bits per heavy atom. The lowest BCUT2D eigenvalue weighted by molar-refractivity contribution is 0.914. The van der Waals surface area contributed by atoms with E-state index in [4.69, 9.17) is 28.9 Å². The van der Waals surface area contributed by atoms with E-state index in [9.17, 15) is 0 Å². The minimum atomic E-state index is 0.0820. The van der Waals surface area contributed by atoms with E-state index in [1.165, 1.54) is 5.56 Å². The van der Waals surface area contributed by atoms with Crippen LogP contribution < -0.4 is 16.7 Å². The third-order valence-corrected chi connectivity index (χ3v) is 5.81. The van der Waals surface area contributed by atoms with Crippen molar-refractivity contribution < 1.29 is 0 Å². The molecule has 1 atom stereocenters. The van der Waals surface area contributed by atoms with Crippen LogP contribution in [0, 0.1) is 13.8 Å². The van der Waals surface area contributed by atoms with Gasteiger partial charge in [-0.1, -0.05) is 94.3 Å². The topological polar surface area (TPSA) is 26.0 Å². The Morgan fingerprint density at radius 1 is 0.808 bits per heavy atom. The van der Waals surface area contributed by atoms with Crippen molar-refractivity contribution in [2.45, 2.75) is 19.7 Å². The molecule has 0 bridgehead atoms. The average Bonchev–Trinajstić information content (AvgIpc) is 2.65. The smallest absolute Gasteiger partial charge is 0.218 e. The van der Waals surface area contributed by atoms with Gasteiger partial charge in [-0.05, 0) is 49.5 Å². The van der Waals surface area contributed by atoms with Crippen molar-refractivity contribution in [3.05, 3.63) is 93.5 Å². The number of halogens is 2. The van der Waals surface area contributed by atoms with E-state index >= 15 is 0 Å². The molecule has 0 aliphatic heterocycles. The molecule has 0 heterocycles. The molecular weight excluding hydrogens is 360 g/mol. The molecule has 3 rings (SSSR count). The van der Waals surface area contributed by atoms with Gasteiger partial charge in [0.05, 0.1) is 0 Å². The summed E-state index contributed by atoms with van der Waals surface area (Å²) in [7, 11) is 0. The maximum absolute atomic E-state index is 6.44. The molecule has 0 aliphatic rings. The van der Waals surface area contributed by atoms with Gasteiger partial charge in [0.1, 0.15) is 0 Å². The van der Waals surface area contributed by atoms with Crippen LogP contribution in [0.2, 0.25) is 10.0 Å². The minimum absolute atomic E-state index is 0.0820. The molecule has 4 heteroatoms. The SMILES string of the molecule is Cc1ccc(B(c2ccc(C)c(Cl)c2)C(CN)c2ccccc2)cc1Cl. The molecule has 0 fully saturated rings. The Labute approximate surface area is 166 Å². The zero-order valence-corrected chi connectivity index (χ0v) is 16.6. The van der Waals surface area contributed by atoms with Crippen molar-refractivity contribution in [1.82, 2.24) is 0 Å². The summed E-state index contributed by atoms with van der Waals surface area (Å²) in [5.41, 5.74) is 11.9. The van der Waals surface area contributed by atoms with E-state index in [2.05, 4.69) is 60.7 Å². The van der Waals surface area contributed by atoms with Gasteiger partial charge in [-0.3, -0.25) is 0 Å². The molecule has 1 unspecified atom stereocenters. The summed E-state index contributed by atoms with van der Waals surface area (Å²) in [5, 5.41) is 1.55. The number of rotatable bonds is 5. The van der Waals surface area contributed by atoms with Crippen LogP contribution >= 0.6 is 23.2 Å². The summed E-state index contributed by atoms with van der Waals surface area (Å²) < 4.78 is 0. The lowest BCUT2D eigenvalue weighted by atomic mass is 9.32. The Bertz CT molecular complexity index is 844. The molecule has 26 heavy (non-hydrogen) atoms. The number of hydrogen-bond acceptors (Lipinski definition) is 1. The number of nitrogens with two attached hydrogens (primary N) is 1. The van der Waals surface area contributed by atoms with E-state index < -0.39 is 0 Å². The van der Waals surface area contributed by atoms with Gasteiger partial charge in [0.2, 0.25) is 6.71 Å². The summed E-state index contributed by atoms with van der Waals surface area (Å²) in [4.78, 5) is 0. The maximum Gasteiger partial charge on any atom is 0.218 e. The summed E-state index contributed by atoms with van der Waals surface area (Å²) >= 11 is 12.9. The second-order valence-electron chi connectivity index (χ2n) is 6.75. The second-order valence-corrected chi connectivity index (χ2v) is 7.56. The standard InChI is InChI=1S/C22H22BCl2N/c1-15-8-10-18(12-21(15)24)23(19-11-9-16(2)22(25)13-19)20(14-26)17-6-4-3-5-7-17/h3-13,20H,14,26H2,1-2H3. The van der Waals surface area contributed by atoms with Crippen LogP contribution in [0.5, 0.6) is 0 Å². The molecule has 0 aliphatic carbocycles. The second kappa shape index (κ2) is 8.31. The Balaban J connectivity index is 2.17. The highest BCUT2D eigenvalue weighted by Gasteiger charge is 2.30. The largest absolute Gasteiger partial charge is 0.331 e. The van der Waals surface area contributed by atoms with Gasteiger partial charge in [0, 0.05) is 10.0 Å². The molecule has 0 saturated carbocycles. The minimum Gasteiger partial charge on any atom is -0.331 e. The zero-order valence-electron chi connectivity index (χ0n) is 15.0. The molecule has 0 radical (unpaired) electrons. The molecular formula is C22H22BCl2N. The fraction of sp³-hybridized carbons (Fsp3) is 0.182. The molecule has 0 spiro atoms. The quantitative estimate of drug-likeness (QED) is 0.647. The number of hydrogen-bond donors (Lipinski definition) is 1. The van der Waals surface area contributed by atoms with Crippen molar-refractivity contribution in [1.29, 1.82) is 0 Å². The van der Waals surface area contributed by atoms with Crippen molar-refractivity contribution in [3.8, 4) is 0 Å². The zero-order chi connectivity index (χ0) is 18.7. The molecule has 0 amide bonds. The molecule has 0 aromatic heterocycles. The van der Waals surface area contributed by atoms with Gasteiger partial charge in [-0.15, -0.1) is 0 Å². The van der Waals surface area contributed by atoms with Crippen LogP contribution in [0.1, 0.15) is 22.5 Å². The summed E-state index contributed by atoms with van der Waals surface area (Å²) in [5.74, 6) is 0.133. The van der Waals surface area contributed by atoms with Crippen molar-refractivity contribution in [2.75, 3.05) is 6.54 Å². The van der Waals surface area contributed by atoms with E-state index in [-0.39, 0.29) is 12.5 Å².